The molecule has 94 valence electrons. The highest BCUT2D eigenvalue weighted by Crippen LogP contribution is 2.35. The first kappa shape index (κ1) is 11.9. The normalized spacial score (nSPS) is 14.5. The van der Waals surface area contributed by atoms with E-state index in [1.165, 1.54) is 0 Å². The maximum atomic E-state index is 12.1. The maximum Gasteiger partial charge on any atom is 0.239 e. The van der Waals surface area contributed by atoms with Gasteiger partial charge in [-0.3, -0.25) is 14.5 Å². The molecule has 0 fully saturated rings. The number of carbonyl (C=O) groups excluding carboxylic acids is 2. The summed E-state index contributed by atoms with van der Waals surface area (Å²) in [7, 11) is 0. The fourth-order valence-corrected chi connectivity index (χ4v) is 2.40. The average Bonchev–Trinajstić information content (AvgIpc) is 2.39. The fourth-order valence-electron chi connectivity index (χ4n) is 2.23. The van der Waals surface area contributed by atoms with Gasteiger partial charge in [-0.1, -0.05) is 29.8 Å². The third-order valence-corrected chi connectivity index (χ3v) is 3.31. The van der Waals surface area contributed by atoms with Crippen molar-refractivity contribution in [1.82, 2.24) is 0 Å². The summed E-state index contributed by atoms with van der Waals surface area (Å²) in [5.41, 5.74) is 1.83. The Balaban J connectivity index is 2.21. The number of hydrogen-bond acceptors (Lipinski definition) is 2. The van der Waals surface area contributed by atoms with Crippen molar-refractivity contribution in [2.45, 2.75) is 6.42 Å². The fraction of sp³-hybridized carbons (Fsp3) is 0.0667. The van der Waals surface area contributed by atoms with Crippen molar-refractivity contribution in [3.63, 3.8) is 0 Å². The molecule has 2 aromatic rings. The molecule has 1 heterocycles. The van der Waals surface area contributed by atoms with Crippen LogP contribution in [0.1, 0.15) is 16.8 Å². The van der Waals surface area contributed by atoms with Crippen LogP contribution in [0, 0.1) is 0 Å². The van der Waals surface area contributed by atoms with Crippen LogP contribution < -0.4 is 4.90 Å². The van der Waals surface area contributed by atoms with E-state index in [1.54, 1.807) is 23.1 Å². The van der Waals surface area contributed by atoms with Gasteiger partial charge in [-0.05, 0) is 30.3 Å². The zero-order valence-corrected chi connectivity index (χ0v) is 10.7. The number of halogens is 1. The number of amides is 1. The van der Waals surface area contributed by atoms with Crippen molar-refractivity contribution in [3.05, 3.63) is 59.1 Å². The Morgan fingerprint density at radius 2 is 1.74 bits per heavy atom. The molecule has 0 radical (unpaired) electrons. The van der Waals surface area contributed by atoms with Crippen LogP contribution in [0.25, 0.3) is 0 Å². The molecule has 0 unspecified atom stereocenters. The number of Topliss-reactive ketones (excluding diaryl/α,β-unsaturated/α-hetero) is 1. The van der Waals surface area contributed by atoms with Crippen molar-refractivity contribution in [2.24, 2.45) is 0 Å². The van der Waals surface area contributed by atoms with Gasteiger partial charge in [0, 0.05) is 16.3 Å². The number of para-hydroxylation sites is 1. The van der Waals surface area contributed by atoms with Gasteiger partial charge in [0.1, 0.15) is 0 Å². The summed E-state index contributed by atoms with van der Waals surface area (Å²) in [6, 6.07) is 14.2. The van der Waals surface area contributed by atoms with Crippen LogP contribution in [0.5, 0.6) is 0 Å². The first-order valence-electron chi connectivity index (χ1n) is 5.87. The van der Waals surface area contributed by atoms with E-state index in [2.05, 4.69) is 0 Å². The standard InChI is InChI=1S/C15H10ClNO2/c16-10-6-7-12-13(8-10)17(15(19)9-14(12)18)11-4-2-1-3-5-11/h1-8H,9H2. The maximum absolute atomic E-state index is 12.1. The van der Waals surface area contributed by atoms with Crippen molar-refractivity contribution in [1.29, 1.82) is 0 Å². The number of ketones is 1. The first-order chi connectivity index (χ1) is 9.16. The molecule has 0 aromatic heterocycles. The Bertz CT molecular complexity index is 667. The molecule has 0 saturated heterocycles. The van der Waals surface area contributed by atoms with Crippen LogP contribution in [-0.4, -0.2) is 11.7 Å². The molecule has 4 heteroatoms. The molecule has 0 bridgehead atoms. The molecule has 0 saturated carbocycles. The summed E-state index contributed by atoms with van der Waals surface area (Å²) in [6.07, 6.45) is -0.108. The molecular formula is C15H10ClNO2. The topological polar surface area (TPSA) is 37.4 Å². The van der Waals surface area contributed by atoms with Gasteiger partial charge in [0.2, 0.25) is 5.91 Å². The van der Waals surface area contributed by atoms with Crippen LogP contribution in [-0.2, 0) is 4.79 Å². The Kier molecular flexibility index (Phi) is 2.84. The van der Waals surface area contributed by atoms with Gasteiger partial charge in [-0.15, -0.1) is 0 Å². The number of hydrogen-bond donors (Lipinski definition) is 0. The Morgan fingerprint density at radius 1 is 1.00 bits per heavy atom. The van der Waals surface area contributed by atoms with Gasteiger partial charge in [0.15, 0.2) is 5.78 Å². The number of nitrogens with zero attached hydrogens (tertiary/aromatic N) is 1. The van der Waals surface area contributed by atoms with Crippen LogP contribution in [0.2, 0.25) is 5.02 Å². The van der Waals surface area contributed by atoms with Crippen molar-refractivity contribution in [2.75, 3.05) is 4.90 Å². The zero-order chi connectivity index (χ0) is 13.4. The first-order valence-corrected chi connectivity index (χ1v) is 6.25. The van der Waals surface area contributed by atoms with E-state index < -0.39 is 0 Å². The Labute approximate surface area is 115 Å². The lowest BCUT2D eigenvalue weighted by Gasteiger charge is -2.28. The molecule has 0 atom stereocenters. The van der Waals surface area contributed by atoms with E-state index >= 15 is 0 Å². The third-order valence-electron chi connectivity index (χ3n) is 3.08. The van der Waals surface area contributed by atoms with Gasteiger partial charge >= 0.3 is 0 Å². The Hall–Kier alpha value is -2.13. The molecule has 1 aliphatic rings. The Morgan fingerprint density at radius 3 is 2.47 bits per heavy atom. The monoisotopic (exact) mass is 271 g/mol. The van der Waals surface area contributed by atoms with E-state index in [-0.39, 0.29) is 18.1 Å². The summed E-state index contributed by atoms with van der Waals surface area (Å²) in [5.74, 6) is -0.394. The summed E-state index contributed by atoms with van der Waals surface area (Å²) in [6.45, 7) is 0. The minimum absolute atomic E-state index is 0.108. The summed E-state index contributed by atoms with van der Waals surface area (Å²) < 4.78 is 0. The lowest BCUT2D eigenvalue weighted by Crippen LogP contribution is -2.33. The molecule has 3 nitrogen and oxygen atoms in total. The minimum Gasteiger partial charge on any atom is -0.294 e. The van der Waals surface area contributed by atoms with Gasteiger partial charge in [-0.2, -0.15) is 0 Å². The van der Waals surface area contributed by atoms with Gasteiger partial charge in [0.25, 0.3) is 0 Å². The molecule has 3 rings (SSSR count). The molecule has 0 spiro atoms. The molecular weight excluding hydrogens is 262 g/mol. The molecule has 0 aliphatic carbocycles. The minimum atomic E-state index is -0.231. The van der Waals surface area contributed by atoms with E-state index in [4.69, 9.17) is 11.6 Å². The molecule has 1 amide bonds. The highest BCUT2D eigenvalue weighted by molar-refractivity contribution is 6.32. The number of anilines is 2. The predicted octanol–water partition coefficient (Wildman–Crippen LogP) is 3.59. The molecule has 2 aromatic carbocycles. The average molecular weight is 272 g/mol. The number of rotatable bonds is 1. The number of fused-ring (bicyclic) bond motifs is 1. The smallest absolute Gasteiger partial charge is 0.239 e. The van der Waals surface area contributed by atoms with Gasteiger partial charge < -0.3 is 0 Å². The van der Waals surface area contributed by atoms with Gasteiger partial charge in [-0.25, -0.2) is 0 Å². The number of carbonyl (C=O) groups is 2. The largest absolute Gasteiger partial charge is 0.294 e. The van der Waals surface area contributed by atoms with E-state index in [9.17, 15) is 9.59 Å². The lowest BCUT2D eigenvalue weighted by molar-refractivity contribution is -0.117. The summed E-state index contributed by atoms with van der Waals surface area (Å²) in [4.78, 5) is 25.6. The van der Waals surface area contributed by atoms with E-state index in [0.717, 1.165) is 5.69 Å². The highest BCUT2D eigenvalue weighted by Gasteiger charge is 2.30. The van der Waals surface area contributed by atoms with Crippen LogP contribution >= 0.6 is 11.6 Å². The highest BCUT2D eigenvalue weighted by atomic mass is 35.5. The zero-order valence-electron chi connectivity index (χ0n) is 9.97. The van der Waals surface area contributed by atoms with E-state index in [1.807, 2.05) is 30.3 Å². The quantitative estimate of drug-likeness (QED) is 0.743. The SMILES string of the molecule is O=C1CC(=O)N(c2ccccc2)c2cc(Cl)ccc21. The second-order valence-electron chi connectivity index (χ2n) is 4.33. The van der Waals surface area contributed by atoms with Crippen molar-refractivity contribution in [3.8, 4) is 0 Å². The van der Waals surface area contributed by atoms with E-state index in [0.29, 0.717) is 16.3 Å². The molecule has 19 heavy (non-hydrogen) atoms. The lowest BCUT2D eigenvalue weighted by atomic mass is 9.99. The third kappa shape index (κ3) is 2.02. The second kappa shape index (κ2) is 4.52. The number of benzene rings is 2. The van der Waals surface area contributed by atoms with Crippen LogP contribution in [0.4, 0.5) is 11.4 Å². The molecule has 0 N–H and O–H groups in total. The van der Waals surface area contributed by atoms with Crippen LogP contribution in [0.3, 0.4) is 0 Å². The van der Waals surface area contributed by atoms with Crippen LogP contribution in [0.15, 0.2) is 48.5 Å². The molecule has 1 aliphatic heterocycles. The summed E-state index contributed by atoms with van der Waals surface area (Å²) >= 11 is 5.98. The van der Waals surface area contributed by atoms with Crippen molar-refractivity contribution >= 4 is 34.7 Å². The second-order valence-corrected chi connectivity index (χ2v) is 4.76. The summed E-state index contributed by atoms with van der Waals surface area (Å²) in [5, 5.41) is 0.502. The van der Waals surface area contributed by atoms with Crippen molar-refractivity contribution < 1.29 is 9.59 Å². The predicted molar refractivity (Wildman–Crippen MR) is 74.0 cm³/mol. The van der Waals surface area contributed by atoms with Gasteiger partial charge in [0.05, 0.1) is 12.1 Å².